The molecular weight excluding hydrogens is 478 g/mol. The third-order valence-corrected chi connectivity index (χ3v) is 7.61. The molecule has 2 aromatic carbocycles. The Morgan fingerprint density at radius 3 is 2.53 bits per heavy atom. The quantitative estimate of drug-likeness (QED) is 0.362. The van der Waals surface area contributed by atoms with Gasteiger partial charge in [0.15, 0.2) is 0 Å². The van der Waals surface area contributed by atoms with E-state index in [4.69, 9.17) is 4.74 Å². The van der Waals surface area contributed by atoms with Crippen molar-refractivity contribution in [2.24, 2.45) is 0 Å². The van der Waals surface area contributed by atoms with Crippen LogP contribution in [0.1, 0.15) is 5.56 Å². The van der Waals surface area contributed by atoms with Gasteiger partial charge in [0, 0.05) is 32.4 Å². The molecule has 182 valence electrons. The lowest BCUT2D eigenvalue weighted by Gasteiger charge is -2.35. The van der Waals surface area contributed by atoms with Crippen molar-refractivity contribution in [3.63, 3.8) is 0 Å². The standard InChI is InChI=1S/C26H23N5O4S/c1-16-15-18(35-17-5-3-2-4-6-17)7-8-19(16)31-20-9-10-27-23-21(20)22(28-25(31)32)24(36-23)29-11-13-30(14-12-29)26(33)34/h2-10,15H,11-14H2,1H3,(H,28,32)(H,33,34). The van der Waals surface area contributed by atoms with Crippen LogP contribution in [0, 0.1) is 6.92 Å². The van der Waals surface area contributed by atoms with Gasteiger partial charge in [0.1, 0.15) is 21.3 Å². The molecule has 1 saturated heterocycles. The Balaban J connectivity index is 1.35. The van der Waals surface area contributed by atoms with E-state index in [9.17, 15) is 14.7 Å². The summed E-state index contributed by atoms with van der Waals surface area (Å²) in [6, 6.07) is 16.8. The molecule has 0 radical (unpaired) electrons. The highest BCUT2D eigenvalue weighted by atomic mass is 32.1. The highest BCUT2D eigenvalue weighted by Crippen LogP contribution is 2.50. The molecule has 0 aliphatic carbocycles. The first-order valence-corrected chi connectivity index (χ1v) is 12.4. The minimum absolute atomic E-state index is 0.251. The molecule has 4 heterocycles. The Hall–Kier alpha value is -4.31. The summed E-state index contributed by atoms with van der Waals surface area (Å²) in [7, 11) is 0. The molecule has 0 unspecified atom stereocenters. The second kappa shape index (κ2) is 8.72. The van der Waals surface area contributed by atoms with E-state index in [1.165, 1.54) is 16.2 Å². The highest BCUT2D eigenvalue weighted by molar-refractivity contribution is 7.23. The number of pyridine rings is 1. The van der Waals surface area contributed by atoms with E-state index >= 15 is 0 Å². The molecule has 4 aromatic rings. The number of nitrogens with one attached hydrogen (secondary N) is 1. The van der Waals surface area contributed by atoms with Crippen molar-refractivity contribution in [2.45, 2.75) is 6.92 Å². The number of hydrogen-bond donors (Lipinski definition) is 2. The summed E-state index contributed by atoms with van der Waals surface area (Å²) in [4.78, 5) is 35.4. The topological polar surface area (TPSA) is 98.2 Å². The van der Waals surface area contributed by atoms with Crippen LogP contribution >= 0.6 is 11.3 Å². The summed E-state index contributed by atoms with van der Waals surface area (Å²) < 4.78 is 5.96. The molecule has 2 aliphatic rings. The number of piperazine rings is 1. The number of thiophene rings is 1. The van der Waals surface area contributed by atoms with Crippen LogP contribution in [0.2, 0.25) is 0 Å². The fourth-order valence-electron chi connectivity index (χ4n) is 4.70. The van der Waals surface area contributed by atoms with Crippen molar-refractivity contribution in [1.29, 1.82) is 0 Å². The van der Waals surface area contributed by atoms with Crippen molar-refractivity contribution < 1.29 is 19.4 Å². The molecule has 2 aromatic heterocycles. The summed E-state index contributed by atoms with van der Waals surface area (Å²) in [5.74, 6) is 1.44. The number of aromatic nitrogens is 1. The molecule has 10 heteroatoms. The SMILES string of the molecule is Cc1cc(Oc2ccccc2)ccc1N1C(=O)Nc2c(N3CCN(C(=O)O)CC3)sc3nccc1c23. The third kappa shape index (κ3) is 3.75. The van der Waals surface area contributed by atoms with Crippen molar-refractivity contribution >= 4 is 55.7 Å². The van der Waals surface area contributed by atoms with E-state index in [1.807, 2.05) is 61.5 Å². The smallest absolute Gasteiger partial charge is 0.407 e. The van der Waals surface area contributed by atoms with Crippen LogP contribution < -0.4 is 19.9 Å². The van der Waals surface area contributed by atoms with Crippen LogP contribution in [0.25, 0.3) is 10.2 Å². The Morgan fingerprint density at radius 2 is 1.81 bits per heavy atom. The number of nitrogens with zero attached hydrogens (tertiary/aromatic N) is 4. The van der Waals surface area contributed by atoms with Gasteiger partial charge in [-0.05, 0) is 48.9 Å². The van der Waals surface area contributed by atoms with Crippen LogP contribution in [0.15, 0.2) is 60.8 Å². The van der Waals surface area contributed by atoms with Crippen LogP contribution in [0.3, 0.4) is 0 Å². The largest absolute Gasteiger partial charge is 0.465 e. The Kier molecular flexibility index (Phi) is 5.37. The van der Waals surface area contributed by atoms with Crippen LogP contribution in [0.4, 0.5) is 31.7 Å². The number of carbonyl (C=O) groups excluding carboxylic acids is 1. The third-order valence-electron chi connectivity index (χ3n) is 6.45. The highest BCUT2D eigenvalue weighted by Gasteiger charge is 2.34. The number of carbonyl (C=O) groups is 2. The predicted octanol–water partition coefficient (Wildman–Crippen LogP) is 5.88. The fraction of sp³-hybridized carbons (Fsp3) is 0.192. The van der Waals surface area contributed by atoms with Gasteiger partial charge in [0.2, 0.25) is 0 Å². The maximum atomic E-state index is 13.5. The number of urea groups is 1. The van der Waals surface area contributed by atoms with E-state index in [1.54, 1.807) is 11.1 Å². The molecule has 0 saturated carbocycles. The molecule has 6 rings (SSSR count). The Labute approximate surface area is 211 Å². The molecule has 0 spiro atoms. The monoisotopic (exact) mass is 501 g/mol. The summed E-state index contributed by atoms with van der Waals surface area (Å²) in [6.45, 7) is 3.90. The van der Waals surface area contributed by atoms with Gasteiger partial charge in [-0.3, -0.25) is 4.90 Å². The van der Waals surface area contributed by atoms with Gasteiger partial charge in [-0.25, -0.2) is 14.6 Å². The number of anilines is 4. The van der Waals surface area contributed by atoms with E-state index in [0.717, 1.165) is 43.6 Å². The maximum Gasteiger partial charge on any atom is 0.407 e. The van der Waals surface area contributed by atoms with Crippen molar-refractivity contribution in [1.82, 2.24) is 9.88 Å². The van der Waals surface area contributed by atoms with Crippen LogP contribution in [-0.4, -0.2) is 53.3 Å². The van der Waals surface area contributed by atoms with Crippen LogP contribution in [-0.2, 0) is 0 Å². The van der Waals surface area contributed by atoms with Gasteiger partial charge in [-0.2, -0.15) is 0 Å². The molecule has 0 bridgehead atoms. The average Bonchev–Trinajstić information content (AvgIpc) is 3.25. The second-order valence-corrected chi connectivity index (χ2v) is 9.66. The summed E-state index contributed by atoms with van der Waals surface area (Å²) in [5, 5.41) is 14.2. The van der Waals surface area contributed by atoms with E-state index in [0.29, 0.717) is 31.9 Å². The molecule has 36 heavy (non-hydrogen) atoms. The maximum absolute atomic E-state index is 13.5. The Bertz CT molecular complexity index is 1480. The minimum atomic E-state index is -0.907. The number of amides is 3. The van der Waals surface area contributed by atoms with E-state index in [-0.39, 0.29) is 6.03 Å². The number of aryl methyl sites for hydroxylation is 1. The van der Waals surface area contributed by atoms with Crippen molar-refractivity contribution in [3.05, 3.63) is 66.4 Å². The summed E-state index contributed by atoms with van der Waals surface area (Å²) in [5.41, 5.74) is 3.16. The lowest BCUT2D eigenvalue weighted by atomic mass is 10.1. The van der Waals surface area contributed by atoms with Gasteiger partial charge in [0.25, 0.3) is 0 Å². The average molecular weight is 502 g/mol. The van der Waals surface area contributed by atoms with Crippen molar-refractivity contribution in [3.8, 4) is 11.5 Å². The molecule has 9 nitrogen and oxygen atoms in total. The lowest BCUT2D eigenvalue weighted by molar-refractivity contribution is 0.142. The van der Waals surface area contributed by atoms with Crippen molar-refractivity contribution in [2.75, 3.05) is 41.3 Å². The van der Waals surface area contributed by atoms with Gasteiger partial charge >= 0.3 is 12.1 Å². The molecule has 0 atom stereocenters. The van der Waals surface area contributed by atoms with Crippen LogP contribution in [0.5, 0.6) is 11.5 Å². The zero-order valence-corrected chi connectivity index (χ0v) is 20.3. The number of carboxylic acid groups (broad SMARTS) is 1. The first-order chi connectivity index (χ1) is 17.5. The first-order valence-electron chi connectivity index (χ1n) is 11.6. The predicted molar refractivity (Wildman–Crippen MR) is 140 cm³/mol. The first kappa shape index (κ1) is 22.2. The minimum Gasteiger partial charge on any atom is -0.465 e. The molecule has 2 aliphatic heterocycles. The number of para-hydroxylation sites is 1. The van der Waals surface area contributed by atoms with E-state index < -0.39 is 6.09 Å². The van der Waals surface area contributed by atoms with Gasteiger partial charge in [0.05, 0.1) is 22.4 Å². The number of benzene rings is 2. The zero-order valence-electron chi connectivity index (χ0n) is 19.5. The molecule has 2 N–H and O–H groups in total. The fourth-order valence-corrected chi connectivity index (χ4v) is 5.87. The number of rotatable bonds is 4. The molecule has 3 amide bonds. The summed E-state index contributed by atoms with van der Waals surface area (Å²) >= 11 is 1.51. The lowest BCUT2D eigenvalue weighted by Crippen LogP contribution is -2.48. The normalized spacial score (nSPS) is 15.2. The van der Waals surface area contributed by atoms with Gasteiger partial charge in [-0.1, -0.05) is 29.5 Å². The van der Waals surface area contributed by atoms with Gasteiger partial charge in [-0.15, -0.1) is 0 Å². The Morgan fingerprint density at radius 1 is 1.03 bits per heavy atom. The summed E-state index contributed by atoms with van der Waals surface area (Å²) in [6.07, 6.45) is 0.813. The zero-order chi connectivity index (χ0) is 24.8. The number of hydrogen-bond acceptors (Lipinski definition) is 6. The van der Waals surface area contributed by atoms with E-state index in [2.05, 4.69) is 15.2 Å². The molecule has 1 fully saturated rings. The molecular formula is C26H23N5O4S. The second-order valence-electron chi connectivity index (χ2n) is 8.68. The van der Waals surface area contributed by atoms with Gasteiger partial charge < -0.3 is 25.0 Å². The number of ether oxygens (including phenoxy) is 1.